The van der Waals surface area contributed by atoms with Crippen LogP contribution in [0.15, 0.2) is 36.4 Å². The molecule has 2 aromatic rings. The molecule has 1 atom stereocenters. The van der Waals surface area contributed by atoms with Crippen molar-refractivity contribution >= 4 is 40.5 Å². The molecule has 1 unspecified atom stereocenters. The van der Waals surface area contributed by atoms with Crippen LogP contribution in [0, 0.1) is 6.92 Å². The average Bonchev–Trinajstić information content (AvgIpc) is 2.36. The molecule has 0 radical (unpaired) electrons. The van der Waals surface area contributed by atoms with Crippen molar-refractivity contribution in [1.82, 2.24) is 0 Å². The van der Waals surface area contributed by atoms with Crippen molar-refractivity contribution in [2.75, 3.05) is 5.32 Å². The molecule has 0 aliphatic heterocycles. The lowest BCUT2D eigenvalue weighted by Crippen LogP contribution is -2.07. The van der Waals surface area contributed by atoms with E-state index in [0.717, 1.165) is 16.8 Å². The highest BCUT2D eigenvalue weighted by Gasteiger charge is 2.11. The topological polar surface area (TPSA) is 12.0 Å². The van der Waals surface area contributed by atoms with Crippen LogP contribution in [0.3, 0.4) is 0 Å². The van der Waals surface area contributed by atoms with E-state index in [2.05, 4.69) is 5.32 Å². The van der Waals surface area contributed by atoms with E-state index in [1.54, 1.807) is 12.1 Å². The zero-order chi connectivity index (χ0) is 14.0. The summed E-state index contributed by atoms with van der Waals surface area (Å²) >= 11 is 18.4. The van der Waals surface area contributed by atoms with Crippen molar-refractivity contribution in [3.8, 4) is 0 Å². The Morgan fingerprint density at radius 2 is 1.63 bits per heavy atom. The van der Waals surface area contributed by atoms with Gasteiger partial charge >= 0.3 is 0 Å². The molecule has 0 saturated heterocycles. The van der Waals surface area contributed by atoms with Gasteiger partial charge in [-0.3, -0.25) is 0 Å². The quantitative estimate of drug-likeness (QED) is 0.718. The number of halogens is 3. The van der Waals surface area contributed by atoms with Crippen LogP contribution in [-0.4, -0.2) is 0 Å². The van der Waals surface area contributed by atoms with Gasteiger partial charge in [0.05, 0.1) is 16.8 Å². The maximum absolute atomic E-state index is 6.20. The molecule has 0 saturated carbocycles. The Balaban J connectivity index is 2.27. The summed E-state index contributed by atoms with van der Waals surface area (Å²) in [7, 11) is 0. The molecule has 100 valence electrons. The van der Waals surface area contributed by atoms with E-state index >= 15 is 0 Å². The Morgan fingerprint density at radius 3 is 2.37 bits per heavy atom. The van der Waals surface area contributed by atoms with Gasteiger partial charge < -0.3 is 5.32 Å². The second-order valence-corrected chi connectivity index (χ2v) is 5.77. The maximum atomic E-state index is 6.20. The Kier molecular flexibility index (Phi) is 4.62. The van der Waals surface area contributed by atoms with Gasteiger partial charge in [-0.2, -0.15) is 0 Å². The molecule has 1 nitrogen and oxygen atoms in total. The Hall–Kier alpha value is -0.890. The minimum Gasteiger partial charge on any atom is -0.377 e. The summed E-state index contributed by atoms with van der Waals surface area (Å²) in [4.78, 5) is 0. The fourth-order valence-corrected chi connectivity index (χ4v) is 2.54. The monoisotopic (exact) mass is 313 g/mol. The third-order valence-electron chi connectivity index (χ3n) is 2.92. The van der Waals surface area contributed by atoms with Crippen LogP contribution in [0.5, 0.6) is 0 Å². The molecule has 4 heteroatoms. The van der Waals surface area contributed by atoms with E-state index in [-0.39, 0.29) is 6.04 Å². The molecule has 0 aromatic heterocycles. The van der Waals surface area contributed by atoms with Gasteiger partial charge in [0.1, 0.15) is 0 Å². The summed E-state index contributed by atoms with van der Waals surface area (Å²) in [5.74, 6) is 0. The molecule has 19 heavy (non-hydrogen) atoms. The van der Waals surface area contributed by atoms with Crippen molar-refractivity contribution in [2.45, 2.75) is 19.9 Å². The third-order valence-corrected chi connectivity index (χ3v) is 3.83. The van der Waals surface area contributed by atoms with E-state index in [0.29, 0.717) is 15.1 Å². The Bertz CT molecular complexity index is 596. The van der Waals surface area contributed by atoms with Gasteiger partial charge in [-0.1, -0.05) is 40.9 Å². The van der Waals surface area contributed by atoms with Gasteiger partial charge in [-0.15, -0.1) is 0 Å². The Labute approximate surface area is 128 Å². The molecular formula is C15H14Cl3N. The number of nitrogens with one attached hydrogen (secondary N) is 1. The van der Waals surface area contributed by atoms with E-state index in [9.17, 15) is 0 Å². The fraction of sp³-hybridized carbons (Fsp3) is 0.200. The lowest BCUT2D eigenvalue weighted by molar-refractivity contribution is 0.885. The molecule has 0 fully saturated rings. The lowest BCUT2D eigenvalue weighted by Gasteiger charge is -2.18. The fourth-order valence-electron chi connectivity index (χ4n) is 1.91. The van der Waals surface area contributed by atoms with Crippen LogP contribution < -0.4 is 5.32 Å². The van der Waals surface area contributed by atoms with E-state index < -0.39 is 0 Å². The minimum atomic E-state index is 0.0190. The van der Waals surface area contributed by atoms with Gasteiger partial charge in [-0.25, -0.2) is 0 Å². The number of benzene rings is 2. The smallest absolute Gasteiger partial charge is 0.0637 e. The lowest BCUT2D eigenvalue weighted by atomic mass is 10.1. The molecule has 0 bridgehead atoms. The van der Waals surface area contributed by atoms with Gasteiger partial charge in [0, 0.05) is 10.0 Å². The molecule has 1 N–H and O–H groups in total. The molecule has 2 aromatic carbocycles. The largest absolute Gasteiger partial charge is 0.377 e. The molecule has 0 amide bonds. The van der Waals surface area contributed by atoms with Crippen molar-refractivity contribution in [1.29, 1.82) is 0 Å². The number of hydrogen-bond donors (Lipinski definition) is 1. The van der Waals surface area contributed by atoms with Gasteiger partial charge in [0.15, 0.2) is 0 Å². The highest BCUT2D eigenvalue weighted by molar-refractivity contribution is 6.34. The van der Waals surface area contributed by atoms with Gasteiger partial charge in [0.25, 0.3) is 0 Å². The average molecular weight is 315 g/mol. The second kappa shape index (κ2) is 6.04. The number of anilines is 1. The van der Waals surface area contributed by atoms with Crippen molar-refractivity contribution in [3.05, 3.63) is 62.6 Å². The molecule has 0 spiro atoms. The predicted molar refractivity (Wildman–Crippen MR) is 84.7 cm³/mol. The molecule has 0 aliphatic rings. The van der Waals surface area contributed by atoms with Crippen LogP contribution in [0.2, 0.25) is 15.1 Å². The second-order valence-electron chi connectivity index (χ2n) is 4.52. The predicted octanol–water partition coefficient (Wildman–Crippen LogP) is 6.13. The van der Waals surface area contributed by atoms with Gasteiger partial charge in [0.2, 0.25) is 0 Å². The summed E-state index contributed by atoms with van der Waals surface area (Å²) in [6.45, 7) is 4.05. The summed E-state index contributed by atoms with van der Waals surface area (Å²) in [5.41, 5.74) is 2.99. The van der Waals surface area contributed by atoms with Crippen LogP contribution >= 0.6 is 34.8 Å². The first-order valence-electron chi connectivity index (χ1n) is 5.95. The normalized spacial score (nSPS) is 12.3. The van der Waals surface area contributed by atoms with Crippen molar-refractivity contribution in [2.24, 2.45) is 0 Å². The summed E-state index contributed by atoms with van der Waals surface area (Å²) in [6.07, 6.45) is 0. The standard InChI is InChI=1S/C15H14Cl3N/c1-9-3-5-14(18)15(7-9)19-10(2)12-8-11(16)4-6-13(12)17/h3-8,10,19H,1-2H3. The molecule has 0 heterocycles. The minimum absolute atomic E-state index is 0.0190. The SMILES string of the molecule is Cc1ccc(Cl)c(NC(C)c2cc(Cl)ccc2Cl)c1. The van der Waals surface area contributed by atoms with E-state index in [4.69, 9.17) is 34.8 Å². The van der Waals surface area contributed by atoms with Gasteiger partial charge in [-0.05, 0) is 55.3 Å². The summed E-state index contributed by atoms with van der Waals surface area (Å²) in [5, 5.41) is 5.41. The van der Waals surface area contributed by atoms with E-state index in [1.165, 1.54) is 0 Å². The first kappa shape index (κ1) is 14.5. The number of hydrogen-bond acceptors (Lipinski definition) is 1. The first-order chi connectivity index (χ1) is 8.97. The highest BCUT2D eigenvalue weighted by Crippen LogP contribution is 2.31. The zero-order valence-corrected chi connectivity index (χ0v) is 12.9. The zero-order valence-electron chi connectivity index (χ0n) is 10.7. The van der Waals surface area contributed by atoms with E-state index in [1.807, 2.05) is 38.1 Å². The van der Waals surface area contributed by atoms with Crippen LogP contribution in [0.1, 0.15) is 24.1 Å². The van der Waals surface area contributed by atoms with Crippen molar-refractivity contribution < 1.29 is 0 Å². The summed E-state index contributed by atoms with van der Waals surface area (Å²) < 4.78 is 0. The maximum Gasteiger partial charge on any atom is 0.0637 e. The third kappa shape index (κ3) is 3.56. The Morgan fingerprint density at radius 1 is 0.947 bits per heavy atom. The first-order valence-corrected chi connectivity index (χ1v) is 7.08. The number of aryl methyl sites for hydroxylation is 1. The van der Waals surface area contributed by atoms with Crippen LogP contribution in [0.25, 0.3) is 0 Å². The molecule has 0 aliphatic carbocycles. The summed E-state index contributed by atoms with van der Waals surface area (Å²) in [6, 6.07) is 11.3. The van der Waals surface area contributed by atoms with Crippen molar-refractivity contribution in [3.63, 3.8) is 0 Å². The molecule has 2 rings (SSSR count). The molecular weight excluding hydrogens is 301 g/mol. The van der Waals surface area contributed by atoms with Crippen LogP contribution in [-0.2, 0) is 0 Å². The van der Waals surface area contributed by atoms with Crippen LogP contribution in [0.4, 0.5) is 5.69 Å². The highest BCUT2D eigenvalue weighted by atomic mass is 35.5. The number of rotatable bonds is 3.